The first kappa shape index (κ1) is 19.4. The Kier molecular flexibility index (Phi) is 6.72. The Balaban J connectivity index is 1.91. The van der Waals surface area contributed by atoms with E-state index in [1.54, 1.807) is 24.3 Å². The highest BCUT2D eigenvalue weighted by atomic mass is 19.1. The summed E-state index contributed by atoms with van der Waals surface area (Å²) in [6.45, 7) is 5.49. The van der Waals surface area contributed by atoms with Crippen LogP contribution in [0, 0.1) is 11.7 Å². The second-order valence-corrected chi connectivity index (χ2v) is 6.34. The number of halogens is 1. The molecule has 0 saturated heterocycles. The monoisotopic (exact) mass is 358 g/mol. The van der Waals surface area contributed by atoms with Crippen LogP contribution in [-0.2, 0) is 16.1 Å². The molecule has 0 spiro atoms. The van der Waals surface area contributed by atoms with E-state index < -0.39 is 6.04 Å². The first-order chi connectivity index (χ1) is 12.3. The van der Waals surface area contributed by atoms with Gasteiger partial charge in [0.25, 0.3) is 0 Å². The Morgan fingerprint density at radius 3 is 2.04 bits per heavy atom. The summed E-state index contributed by atoms with van der Waals surface area (Å²) in [7, 11) is 0. The highest BCUT2D eigenvalue weighted by Crippen LogP contribution is 2.21. The minimum Gasteiger partial charge on any atom is -0.457 e. The third-order valence-electron chi connectivity index (χ3n) is 3.75. The third kappa shape index (κ3) is 5.88. The Hall–Kier alpha value is -2.89. The Morgan fingerprint density at radius 2 is 1.54 bits per heavy atom. The van der Waals surface area contributed by atoms with Gasteiger partial charge >= 0.3 is 0 Å². The SMILES string of the molecule is CC(=O)NC(C(=O)NCc1ccc(Oc2ccc(F)cc2)cc1)C(C)C. The van der Waals surface area contributed by atoms with Crippen LogP contribution in [0.1, 0.15) is 26.3 Å². The van der Waals surface area contributed by atoms with Crippen molar-refractivity contribution >= 4 is 11.8 Å². The van der Waals surface area contributed by atoms with Gasteiger partial charge in [-0.2, -0.15) is 0 Å². The van der Waals surface area contributed by atoms with Crippen molar-refractivity contribution in [2.45, 2.75) is 33.4 Å². The van der Waals surface area contributed by atoms with Crippen LogP contribution < -0.4 is 15.4 Å². The Labute approximate surface area is 152 Å². The van der Waals surface area contributed by atoms with E-state index in [2.05, 4.69) is 10.6 Å². The Morgan fingerprint density at radius 1 is 1.00 bits per heavy atom. The number of rotatable bonds is 7. The normalized spacial score (nSPS) is 11.7. The number of hydrogen-bond donors (Lipinski definition) is 2. The van der Waals surface area contributed by atoms with E-state index in [0.29, 0.717) is 18.0 Å². The van der Waals surface area contributed by atoms with Gasteiger partial charge in [-0.05, 0) is 47.9 Å². The van der Waals surface area contributed by atoms with Gasteiger partial charge in [0, 0.05) is 13.5 Å². The lowest BCUT2D eigenvalue weighted by Gasteiger charge is -2.21. The fourth-order valence-electron chi connectivity index (χ4n) is 2.37. The van der Waals surface area contributed by atoms with Crippen LogP contribution in [0.25, 0.3) is 0 Å². The van der Waals surface area contributed by atoms with Gasteiger partial charge in [0.15, 0.2) is 0 Å². The lowest BCUT2D eigenvalue weighted by molar-refractivity contribution is -0.129. The maximum Gasteiger partial charge on any atom is 0.243 e. The minimum absolute atomic E-state index is 0.00890. The van der Waals surface area contributed by atoms with Crippen LogP contribution in [0.15, 0.2) is 48.5 Å². The topological polar surface area (TPSA) is 67.4 Å². The fraction of sp³-hybridized carbons (Fsp3) is 0.300. The highest BCUT2D eigenvalue weighted by molar-refractivity contribution is 5.87. The molecule has 0 fully saturated rings. The molecule has 0 aromatic heterocycles. The second-order valence-electron chi connectivity index (χ2n) is 6.34. The zero-order valence-corrected chi connectivity index (χ0v) is 15.1. The third-order valence-corrected chi connectivity index (χ3v) is 3.75. The summed E-state index contributed by atoms with van der Waals surface area (Å²) in [5.74, 6) is 0.378. The minimum atomic E-state index is -0.561. The molecule has 0 saturated carbocycles. The summed E-state index contributed by atoms with van der Waals surface area (Å²) in [5.41, 5.74) is 0.898. The Bertz CT molecular complexity index is 743. The van der Waals surface area contributed by atoms with Gasteiger partial charge in [-0.1, -0.05) is 26.0 Å². The molecule has 0 heterocycles. The summed E-state index contributed by atoms with van der Waals surface area (Å²) in [6.07, 6.45) is 0. The lowest BCUT2D eigenvalue weighted by atomic mass is 10.0. The summed E-state index contributed by atoms with van der Waals surface area (Å²) in [6, 6.07) is 12.4. The molecule has 6 heteroatoms. The van der Waals surface area contributed by atoms with E-state index in [4.69, 9.17) is 4.74 Å². The average Bonchev–Trinajstić information content (AvgIpc) is 2.60. The summed E-state index contributed by atoms with van der Waals surface area (Å²) < 4.78 is 18.5. The summed E-state index contributed by atoms with van der Waals surface area (Å²) in [4.78, 5) is 23.5. The number of carbonyl (C=O) groups excluding carboxylic acids is 2. The van der Waals surface area contributed by atoms with Crippen molar-refractivity contribution in [2.24, 2.45) is 5.92 Å². The van der Waals surface area contributed by atoms with Crippen molar-refractivity contribution in [3.05, 3.63) is 59.9 Å². The molecular formula is C20H23FN2O3. The van der Waals surface area contributed by atoms with Crippen LogP contribution in [0.2, 0.25) is 0 Å². The number of hydrogen-bond acceptors (Lipinski definition) is 3. The molecular weight excluding hydrogens is 335 g/mol. The zero-order valence-electron chi connectivity index (χ0n) is 15.1. The standard InChI is InChI=1S/C20H23FN2O3/c1-13(2)19(23-14(3)24)20(25)22-12-15-4-8-17(9-5-15)26-18-10-6-16(21)7-11-18/h4-11,13,19H,12H2,1-3H3,(H,22,25)(H,23,24). The molecule has 2 amide bonds. The molecule has 0 aliphatic rings. The molecule has 5 nitrogen and oxygen atoms in total. The van der Waals surface area contributed by atoms with Crippen LogP contribution in [-0.4, -0.2) is 17.9 Å². The molecule has 0 aliphatic heterocycles. The van der Waals surface area contributed by atoms with E-state index in [1.807, 2.05) is 26.0 Å². The largest absolute Gasteiger partial charge is 0.457 e. The van der Waals surface area contributed by atoms with Gasteiger partial charge in [-0.3, -0.25) is 9.59 Å². The first-order valence-electron chi connectivity index (χ1n) is 8.42. The average molecular weight is 358 g/mol. The van der Waals surface area contributed by atoms with E-state index >= 15 is 0 Å². The van der Waals surface area contributed by atoms with Crippen LogP contribution >= 0.6 is 0 Å². The van der Waals surface area contributed by atoms with Crippen LogP contribution in [0.5, 0.6) is 11.5 Å². The number of benzene rings is 2. The van der Waals surface area contributed by atoms with Crippen molar-refractivity contribution in [2.75, 3.05) is 0 Å². The molecule has 0 bridgehead atoms. The quantitative estimate of drug-likeness (QED) is 0.797. The molecule has 1 unspecified atom stereocenters. The lowest BCUT2D eigenvalue weighted by Crippen LogP contribution is -2.48. The second kappa shape index (κ2) is 8.99. The molecule has 138 valence electrons. The smallest absolute Gasteiger partial charge is 0.243 e. The predicted molar refractivity (Wildman–Crippen MR) is 97.2 cm³/mol. The predicted octanol–water partition coefficient (Wildman–Crippen LogP) is 3.39. The van der Waals surface area contributed by atoms with Crippen molar-refractivity contribution in [1.82, 2.24) is 10.6 Å². The van der Waals surface area contributed by atoms with Crippen LogP contribution in [0.3, 0.4) is 0 Å². The summed E-state index contributed by atoms with van der Waals surface area (Å²) in [5, 5.41) is 5.48. The van der Waals surface area contributed by atoms with Crippen molar-refractivity contribution < 1.29 is 18.7 Å². The number of nitrogens with one attached hydrogen (secondary N) is 2. The molecule has 0 radical (unpaired) electrons. The van der Waals surface area contributed by atoms with Gasteiger partial charge in [0.05, 0.1) is 0 Å². The molecule has 26 heavy (non-hydrogen) atoms. The van der Waals surface area contributed by atoms with Crippen molar-refractivity contribution in [1.29, 1.82) is 0 Å². The van der Waals surface area contributed by atoms with Gasteiger partial charge in [-0.25, -0.2) is 4.39 Å². The molecule has 1 atom stereocenters. The highest BCUT2D eigenvalue weighted by Gasteiger charge is 2.22. The van der Waals surface area contributed by atoms with Crippen molar-refractivity contribution in [3.63, 3.8) is 0 Å². The van der Waals surface area contributed by atoms with E-state index in [1.165, 1.54) is 19.1 Å². The van der Waals surface area contributed by atoms with Gasteiger partial charge in [-0.15, -0.1) is 0 Å². The zero-order chi connectivity index (χ0) is 19.1. The van der Waals surface area contributed by atoms with Gasteiger partial charge in [0.2, 0.25) is 11.8 Å². The summed E-state index contributed by atoms with van der Waals surface area (Å²) >= 11 is 0. The van der Waals surface area contributed by atoms with E-state index in [9.17, 15) is 14.0 Å². The molecule has 0 aliphatic carbocycles. The van der Waals surface area contributed by atoms with Gasteiger partial charge in [0.1, 0.15) is 23.4 Å². The molecule has 2 aromatic carbocycles. The van der Waals surface area contributed by atoms with Crippen molar-refractivity contribution in [3.8, 4) is 11.5 Å². The van der Waals surface area contributed by atoms with Gasteiger partial charge < -0.3 is 15.4 Å². The number of carbonyl (C=O) groups is 2. The molecule has 2 aromatic rings. The number of amides is 2. The van der Waals surface area contributed by atoms with Crippen LogP contribution in [0.4, 0.5) is 4.39 Å². The fourth-order valence-corrected chi connectivity index (χ4v) is 2.37. The van der Waals surface area contributed by atoms with E-state index in [0.717, 1.165) is 5.56 Å². The maximum atomic E-state index is 12.9. The molecule has 2 N–H and O–H groups in total. The number of ether oxygens (including phenoxy) is 1. The maximum absolute atomic E-state index is 12.9. The van der Waals surface area contributed by atoms with E-state index in [-0.39, 0.29) is 23.5 Å². The first-order valence-corrected chi connectivity index (χ1v) is 8.42. The molecule has 2 rings (SSSR count).